The highest BCUT2D eigenvalue weighted by Gasteiger charge is 2.08. The van der Waals surface area contributed by atoms with Crippen molar-refractivity contribution in [3.63, 3.8) is 0 Å². The summed E-state index contributed by atoms with van der Waals surface area (Å²) >= 11 is 1.55. The Hall–Kier alpha value is -1.39. The Morgan fingerprint density at radius 2 is 2.07 bits per heavy atom. The van der Waals surface area contributed by atoms with Crippen LogP contribution in [0.4, 0.5) is 0 Å². The summed E-state index contributed by atoms with van der Waals surface area (Å²) in [7, 11) is 0. The van der Waals surface area contributed by atoms with Crippen LogP contribution in [0.1, 0.15) is 17.3 Å². The van der Waals surface area contributed by atoms with Crippen molar-refractivity contribution in [2.45, 2.75) is 12.5 Å². The van der Waals surface area contributed by atoms with Gasteiger partial charge in [0, 0.05) is 5.38 Å². The van der Waals surface area contributed by atoms with Crippen molar-refractivity contribution >= 4 is 11.3 Å². The Kier molecular flexibility index (Phi) is 2.99. The second-order valence-electron chi connectivity index (χ2n) is 3.39. The standard InChI is InChI=1S/C11H12N2OS/c12-10(11-6-15-7-13-11)5-8-1-3-9(14)4-2-8/h1-4,6-7,10,14H,5,12H2. The lowest BCUT2D eigenvalue weighted by molar-refractivity contribution is 0.475. The predicted octanol–water partition coefficient (Wildman–Crippen LogP) is 2.09. The van der Waals surface area contributed by atoms with E-state index in [4.69, 9.17) is 10.8 Å². The van der Waals surface area contributed by atoms with Gasteiger partial charge in [-0.15, -0.1) is 11.3 Å². The third kappa shape index (κ3) is 2.55. The molecule has 1 atom stereocenters. The highest BCUT2D eigenvalue weighted by Crippen LogP contribution is 2.17. The smallest absolute Gasteiger partial charge is 0.115 e. The fraction of sp³-hybridized carbons (Fsp3) is 0.182. The summed E-state index contributed by atoms with van der Waals surface area (Å²) in [4.78, 5) is 4.17. The molecule has 4 heteroatoms. The SMILES string of the molecule is NC(Cc1ccc(O)cc1)c1cscn1. The first-order valence-electron chi connectivity index (χ1n) is 4.67. The van der Waals surface area contributed by atoms with E-state index in [1.165, 1.54) is 0 Å². The van der Waals surface area contributed by atoms with Gasteiger partial charge in [-0.2, -0.15) is 0 Å². The Morgan fingerprint density at radius 3 is 2.67 bits per heavy atom. The van der Waals surface area contributed by atoms with Gasteiger partial charge in [0.05, 0.1) is 17.2 Å². The van der Waals surface area contributed by atoms with E-state index in [-0.39, 0.29) is 11.8 Å². The number of benzene rings is 1. The number of hydrogen-bond donors (Lipinski definition) is 2. The number of thiazole rings is 1. The number of phenolic OH excluding ortho intramolecular Hbond substituents is 1. The molecule has 1 heterocycles. The molecule has 0 aliphatic carbocycles. The van der Waals surface area contributed by atoms with Crippen LogP contribution in [-0.2, 0) is 6.42 Å². The van der Waals surface area contributed by atoms with Crippen LogP contribution in [0, 0.1) is 0 Å². The fourth-order valence-electron chi connectivity index (χ4n) is 1.40. The van der Waals surface area contributed by atoms with Crippen molar-refractivity contribution in [2.75, 3.05) is 0 Å². The van der Waals surface area contributed by atoms with Gasteiger partial charge in [0.15, 0.2) is 0 Å². The molecule has 0 saturated heterocycles. The van der Waals surface area contributed by atoms with Crippen molar-refractivity contribution < 1.29 is 5.11 Å². The summed E-state index contributed by atoms with van der Waals surface area (Å²) in [5.41, 5.74) is 9.80. The van der Waals surface area contributed by atoms with Gasteiger partial charge in [-0.05, 0) is 24.1 Å². The molecule has 15 heavy (non-hydrogen) atoms. The summed E-state index contributed by atoms with van der Waals surface area (Å²) in [6.07, 6.45) is 0.740. The van der Waals surface area contributed by atoms with Crippen LogP contribution in [0.3, 0.4) is 0 Å². The fourth-order valence-corrected chi connectivity index (χ4v) is 2.01. The molecular weight excluding hydrogens is 208 g/mol. The van der Waals surface area contributed by atoms with Gasteiger partial charge >= 0.3 is 0 Å². The van der Waals surface area contributed by atoms with Crippen molar-refractivity contribution in [2.24, 2.45) is 5.73 Å². The third-order valence-corrected chi connectivity index (χ3v) is 2.83. The minimum atomic E-state index is -0.0687. The molecule has 3 N–H and O–H groups in total. The Balaban J connectivity index is 2.06. The first-order chi connectivity index (χ1) is 7.25. The molecule has 2 rings (SSSR count). The minimum absolute atomic E-state index is 0.0687. The van der Waals surface area contributed by atoms with Crippen LogP contribution in [0.25, 0.3) is 0 Å². The van der Waals surface area contributed by atoms with Crippen LogP contribution in [0.15, 0.2) is 35.2 Å². The molecule has 1 unspecified atom stereocenters. The number of nitrogens with zero attached hydrogens (tertiary/aromatic N) is 1. The number of aromatic nitrogens is 1. The first kappa shape index (κ1) is 10.1. The van der Waals surface area contributed by atoms with Crippen LogP contribution in [0.5, 0.6) is 5.75 Å². The number of aromatic hydroxyl groups is 1. The van der Waals surface area contributed by atoms with Crippen LogP contribution in [0.2, 0.25) is 0 Å². The van der Waals surface area contributed by atoms with E-state index in [0.717, 1.165) is 17.7 Å². The highest BCUT2D eigenvalue weighted by molar-refractivity contribution is 7.07. The van der Waals surface area contributed by atoms with Crippen LogP contribution < -0.4 is 5.73 Å². The summed E-state index contributed by atoms with van der Waals surface area (Å²) in [5, 5.41) is 11.1. The zero-order chi connectivity index (χ0) is 10.7. The Bertz CT molecular complexity index is 411. The summed E-state index contributed by atoms with van der Waals surface area (Å²) < 4.78 is 0. The normalized spacial score (nSPS) is 12.6. The van der Waals surface area contributed by atoms with E-state index in [1.807, 2.05) is 17.5 Å². The molecule has 0 fully saturated rings. The van der Waals surface area contributed by atoms with Gasteiger partial charge < -0.3 is 10.8 Å². The molecule has 0 spiro atoms. The largest absolute Gasteiger partial charge is 0.508 e. The minimum Gasteiger partial charge on any atom is -0.508 e. The van der Waals surface area contributed by atoms with Crippen molar-refractivity contribution in [3.8, 4) is 5.75 Å². The van der Waals surface area contributed by atoms with E-state index < -0.39 is 0 Å². The number of hydrogen-bond acceptors (Lipinski definition) is 4. The molecule has 3 nitrogen and oxygen atoms in total. The summed E-state index contributed by atoms with van der Waals surface area (Å²) in [6, 6.07) is 7.02. The second-order valence-corrected chi connectivity index (χ2v) is 4.11. The lowest BCUT2D eigenvalue weighted by Gasteiger charge is -2.08. The quantitative estimate of drug-likeness (QED) is 0.832. The highest BCUT2D eigenvalue weighted by atomic mass is 32.1. The second kappa shape index (κ2) is 4.42. The molecule has 0 radical (unpaired) electrons. The van der Waals surface area contributed by atoms with E-state index in [1.54, 1.807) is 29.0 Å². The molecule has 1 aromatic carbocycles. The predicted molar refractivity (Wildman–Crippen MR) is 60.9 cm³/mol. The zero-order valence-electron chi connectivity index (χ0n) is 8.13. The maximum absolute atomic E-state index is 9.13. The molecular formula is C11H12N2OS. The molecule has 0 bridgehead atoms. The number of rotatable bonds is 3. The molecule has 0 aliphatic heterocycles. The van der Waals surface area contributed by atoms with Gasteiger partial charge in [-0.3, -0.25) is 0 Å². The maximum atomic E-state index is 9.13. The summed E-state index contributed by atoms with van der Waals surface area (Å²) in [5.74, 6) is 0.279. The van der Waals surface area contributed by atoms with Gasteiger partial charge in [0.1, 0.15) is 5.75 Å². The number of phenols is 1. The Labute approximate surface area is 92.2 Å². The summed E-state index contributed by atoms with van der Waals surface area (Å²) in [6.45, 7) is 0. The van der Waals surface area contributed by atoms with Gasteiger partial charge in [0.2, 0.25) is 0 Å². The van der Waals surface area contributed by atoms with Crippen LogP contribution in [-0.4, -0.2) is 10.1 Å². The zero-order valence-corrected chi connectivity index (χ0v) is 8.95. The monoisotopic (exact) mass is 220 g/mol. The average Bonchev–Trinajstić information content (AvgIpc) is 2.74. The molecule has 0 amide bonds. The topological polar surface area (TPSA) is 59.1 Å². The van der Waals surface area contributed by atoms with Crippen LogP contribution >= 0.6 is 11.3 Å². The molecule has 2 aromatic rings. The average molecular weight is 220 g/mol. The first-order valence-corrected chi connectivity index (χ1v) is 5.61. The van der Waals surface area contributed by atoms with E-state index in [0.29, 0.717) is 0 Å². The van der Waals surface area contributed by atoms with E-state index >= 15 is 0 Å². The molecule has 1 aromatic heterocycles. The third-order valence-electron chi connectivity index (χ3n) is 2.22. The van der Waals surface area contributed by atoms with Crippen molar-refractivity contribution in [1.29, 1.82) is 0 Å². The van der Waals surface area contributed by atoms with Crippen molar-refractivity contribution in [1.82, 2.24) is 4.98 Å². The maximum Gasteiger partial charge on any atom is 0.115 e. The van der Waals surface area contributed by atoms with E-state index in [9.17, 15) is 0 Å². The lowest BCUT2D eigenvalue weighted by Crippen LogP contribution is -2.13. The number of nitrogens with two attached hydrogens (primary N) is 1. The van der Waals surface area contributed by atoms with Gasteiger partial charge in [-0.25, -0.2) is 4.98 Å². The Morgan fingerprint density at radius 1 is 1.33 bits per heavy atom. The molecule has 0 saturated carbocycles. The lowest BCUT2D eigenvalue weighted by atomic mass is 10.0. The van der Waals surface area contributed by atoms with Gasteiger partial charge in [0.25, 0.3) is 0 Å². The van der Waals surface area contributed by atoms with Gasteiger partial charge in [-0.1, -0.05) is 12.1 Å². The van der Waals surface area contributed by atoms with E-state index in [2.05, 4.69) is 4.98 Å². The van der Waals surface area contributed by atoms with Crippen molar-refractivity contribution in [3.05, 3.63) is 46.4 Å². The molecule has 78 valence electrons. The molecule has 0 aliphatic rings.